The Hall–Kier alpha value is -1.76. The molecule has 0 saturated carbocycles. The van der Waals surface area contributed by atoms with E-state index in [2.05, 4.69) is 58.5 Å². The SMILES string of the molecule is CCc1cccc(NC(N)=NCCc2ccc(N(C)C)cc2)c1.I. The van der Waals surface area contributed by atoms with Crippen molar-refractivity contribution in [2.75, 3.05) is 30.9 Å². The summed E-state index contributed by atoms with van der Waals surface area (Å²) in [5, 5.41) is 3.15. The number of guanidine groups is 1. The van der Waals surface area contributed by atoms with Crippen LogP contribution in [0.3, 0.4) is 0 Å². The van der Waals surface area contributed by atoms with Gasteiger partial charge in [0.2, 0.25) is 0 Å². The van der Waals surface area contributed by atoms with Crippen LogP contribution in [0.15, 0.2) is 53.5 Å². The molecule has 24 heavy (non-hydrogen) atoms. The van der Waals surface area contributed by atoms with Crippen LogP contribution in [0, 0.1) is 0 Å². The largest absolute Gasteiger partial charge is 0.378 e. The number of halogens is 1. The highest BCUT2D eigenvalue weighted by atomic mass is 127. The molecule has 0 amide bonds. The second-order valence-electron chi connectivity index (χ2n) is 5.76. The maximum absolute atomic E-state index is 5.96. The number of aliphatic imine (C=N–C) groups is 1. The van der Waals surface area contributed by atoms with E-state index in [9.17, 15) is 0 Å². The van der Waals surface area contributed by atoms with E-state index in [4.69, 9.17) is 5.73 Å². The predicted octanol–water partition coefficient (Wildman–Crippen LogP) is 3.90. The van der Waals surface area contributed by atoms with E-state index in [-0.39, 0.29) is 24.0 Å². The molecule has 2 aromatic carbocycles. The molecule has 0 bridgehead atoms. The van der Waals surface area contributed by atoms with Gasteiger partial charge in [-0.1, -0.05) is 31.2 Å². The van der Waals surface area contributed by atoms with Gasteiger partial charge < -0.3 is 16.0 Å². The number of nitrogens with zero attached hydrogens (tertiary/aromatic N) is 2. The molecule has 0 aliphatic heterocycles. The van der Waals surface area contributed by atoms with Crippen LogP contribution in [-0.2, 0) is 12.8 Å². The van der Waals surface area contributed by atoms with Crippen LogP contribution in [0.1, 0.15) is 18.1 Å². The van der Waals surface area contributed by atoms with Crippen LogP contribution in [0.5, 0.6) is 0 Å². The maximum Gasteiger partial charge on any atom is 0.193 e. The molecule has 0 aromatic heterocycles. The first kappa shape index (κ1) is 20.3. The Kier molecular flexibility index (Phi) is 8.60. The molecular weight excluding hydrogens is 411 g/mol. The molecule has 2 aromatic rings. The van der Waals surface area contributed by atoms with Gasteiger partial charge in [-0.3, -0.25) is 4.99 Å². The van der Waals surface area contributed by atoms with Crippen molar-refractivity contribution in [2.24, 2.45) is 10.7 Å². The molecular formula is C19H27IN4. The maximum atomic E-state index is 5.96. The third kappa shape index (κ3) is 6.39. The van der Waals surface area contributed by atoms with Gasteiger partial charge in [0.05, 0.1) is 0 Å². The van der Waals surface area contributed by atoms with E-state index in [1.54, 1.807) is 0 Å². The van der Waals surface area contributed by atoms with Gasteiger partial charge in [0.15, 0.2) is 5.96 Å². The smallest absolute Gasteiger partial charge is 0.193 e. The van der Waals surface area contributed by atoms with Crippen molar-refractivity contribution < 1.29 is 0 Å². The minimum absolute atomic E-state index is 0. The lowest BCUT2D eigenvalue weighted by Crippen LogP contribution is -2.23. The van der Waals surface area contributed by atoms with Gasteiger partial charge in [-0.25, -0.2) is 0 Å². The van der Waals surface area contributed by atoms with Crippen molar-refractivity contribution in [1.82, 2.24) is 0 Å². The third-order valence-corrected chi connectivity index (χ3v) is 3.74. The Labute approximate surface area is 162 Å². The average molecular weight is 438 g/mol. The Morgan fingerprint density at radius 3 is 2.42 bits per heavy atom. The zero-order valence-electron chi connectivity index (χ0n) is 14.6. The minimum atomic E-state index is 0. The van der Waals surface area contributed by atoms with Crippen molar-refractivity contribution in [1.29, 1.82) is 0 Å². The molecule has 5 heteroatoms. The lowest BCUT2D eigenvalue weighted by molar-refractivity contribution is 0.963. The van der Waals surface area contributed by atoms with E-state index in [1.165, 1.54) is 16.8 Å². The second kappa shape index (κ2) is 10.2. The number of benzene rings is 2. The summed E-state index contributed by atoms with van der Waals surface area (Å²) in [5.41, 5.74) is 10.7. The number of aryl methyl sites for hydroxylation is 1. The fourth-order valence-corrected chi connectivity index (χ4v) is 2.32. The number of nitrogens with one attached hydrogen (secondary N) is 1. The summed E-state index contributed by atoms with van der Waals surface area (Å²) in [6.07, 6.45) is 1.89. The summed E-state index contributed by atoms with van der Waals surface area (Å²) in [6.45, 7) is 2.81. The first-order valence-corrected chi connectivity index (χ1v) is 8.00. The first-order chi connectivity index (χ1) is 11.1. The molecule has 0 aliphatic carbocycles. The molecule has 3 N–H and O–H groups in total. The Bertz CT molecular complexity index is 651. The lowest BCUT2D eigenvalue weighted by atomic mass is 10.1. The normalized spacial score (nSPS) is 10.9. The highest BCUT2D eigenvalue weighted by molar-refractivity contribution is 14.0. The van der Waals surface area contributed by atoms with Crippen LogP contribution >= 0.6 is 24.0 Å². The Balaban J connectivity index is 0.00000288. The van der Waals surface area contributed by atoms with Crippen molar-refractivity contribution in [3.8, 4) is 0 Å². The van der Waals surface area contributed by atoms with Crippen LogP contribution in [-0.4, -0.2) is 26.6 Å². The molecule has 0 fully saturated rings. The first-order valence-electron chi connectivity index (χ1n) is 8.00. The third-order valence-electron chi connectivity index (χ3n) is 3.74. The summed E-state index contributed by atoms with van der Waals surface area (Å²) in [7, 11) is 4.08. The molecule has 0 heterocycles. The number of rotatable bonds is 6. The average Bonchev–Trinajstić information content (AvgIpc) is 2.55. The molecule has 0 radical (unpaired) electrons. The van der Waals surface area contributed by atoms with E-state index in [0.29, 0.717) is 12.5 Å². The molecule has 2 rings (SSSR count). The highest BCUT2D eigenvalue weighted by Crippen LogP contribution is 2.13. The van der Waals surface area contributed by atoms with Crippen molar-refractivity contribution in [3.63, 3.8) is 0 Å². The quantitative estimate of drug-likeness (QED) is 0.409. The summed E-state index contributed by atoms with van der Waals surface area (Å²) in [4.78, 5) is 6.49. The molecule has 0 atom stereocenters. The van der Waals surface area contributed by atoms with E-state index < -0.39 is 0 Å². The van der Waals surface area contributed by atoms with Gasteiger partial charge >= 0.3 is 0 Å². The fraction of sp³-hybridized carbons (Fsp3) is 0.316. The minimum Gasteiger partial charge on any atom is -0.378 e. The van der Waals surface area contributed by atoms with Crippen LogP contribution in [0.4, 0.5) is 11.4 Å². The fourth-order valence-electron chi connectivity index (χ4n) is 2.32. The predicted molar refractivity (Wildman–Crippen MR) is 116 cm³/mol. The molecule has 4 nitrogen and oxygen atoms in total. The summed E-state index contributed by atoms with van der Waals surface area (Å²) in [5.74, 6) is 0.461. The summed E-state index contributed by atoms with van der Waals surface area (Å²) in [6, 6.07) is 16.8. The van der Waals surface area contributed by atoms with Gasteiger partial charge in [-0.15, -0.1) is 24.0 Å². The lowest BCUT2D eigenvalue weighted by Gasteiger charge is -2.12. The van der Waals surface area contributed by atoms with Crippen LogP contribution < -0.4 is 16.0 Å². The van der Waals surface area contributed by atoms with Crippen molar-refractivity contribution in [2.45, 2.75) is 19.8 Å². The van der Waals surface area contributed by atoms with Crippen LogP contribution in [0.25, 0.3) is 0 Å². The highest BCUT2D eigenvalue weighted by Gasteiger charge is 1.98. The summed E-state index contributed by atoms with van der Waals surface area (Å²) < 4.78 is 0. The van der Waals surface area contributed by atoms with E-state index in [0.717, 1.165) is 18.5 Å². The monoisotopic (exact) mass is 438 g/mol. The zero-order chi connectivity index (χ0) is 16.7. The zero-order valence-corrected chi connectivity index (χ0v) is 17.0. The van der Waals surface area contributed by atoms with Gasteiger partial charge in [0.25, 0.3) is 0 Å². The Morgan fingerprint density at radius 2 is 1.79 bits per heavy atom. The number of nitrogens with two attached hydrogens (primary N) is 1. The second-order valence-corrected chi connectivity index (χ2v) is 5.76. The van der Waals surface area contributed by atoms with Crippen LogP contribution in [0.2, 0.25) is 0 Å². The van der Waals surface area contributed by atoms with E-state index >= 15 is 0 Å². The van der Waals surface area contributed by atoms with E-state index in [1.807, 2.05) is 26.2 Å². The topological polar surface area (TPSA) is 53.6 Å². The molecule has 0 spiro atoms. The number of anilines is 2. The molecule has 0 aliphatic rings. The number of hydrogen-bond acceptors (Lipinski definition) is 2. The van der Waals surface area contributed by atoms with Crippen molar-refractivity contribution in [3.05, 3.63) is 59.7 Å². The van der Waals surface area contributed by atoms with Gasteiger partial charge in [0.1, 0.15) is 0 Å². The summed E-state index contributed by atoms with van der Waals surface area (Å²) >= 11 is 0. The number of hydrogen-bond donors (Lipinski definition) is 2. The molecule has 0 saturated heterocycles. The standard InChI is InChI=1S/C19H26N4.HI/c1-4-15-6-5-7-17(14-15)22-19(20)21-13-12-16-8-10-18(11-9-16)23(2)3;/h5-11,14H,4,12-13H2,1-3H3,(H3,20,21,22);1H. The van der Waals surface area contributed by atoms with Gasteiger partial charge in [-0.05, 0) is 48.2 Å². The molecule has 130 valence electrons. The molecule has 0 unspecified atom stereocenters. The van der Waals surface area contributed by atoms with Gasteiger partial charge in [0, 0.05) is 32.0 Å². The van der Waals surface area contributed by atoms with Gasteiger partial charge in [-0.2, -0.15) is 0 Å². The van der Waals surface area contributed by atoms with Crippen molar-refractivity contribution >= 4 is 41.3 Å². The Morgan fingerprint density at radius 1 is 1.08 bits per heavy atom.